The van der Waals surface area contributed by atoms with Crippen molar-refractivity contribution >= 4 is 28.9 Å². The lowest BCUT2D eigenvalue weighted by Gasteiger charge is -2.00. The number of aldehydes is 1. The Balaban J connectivity index is 2.98. The zero-order valence-electron chi connectivity index (χ0n) is 6.30. The second kappa shape index (κ2) is 3.85. The maximum Gasteiger partial charge on any atom is 0.124 e. The number of benzene rings is 1. The second-order valence-corrected chi connectivity index (χ2v) is 3.69. The molecule has 0 radical (unpaired) electrons. The topological polar surface area (TPSA) is 17.1 Å². The predicted molar refractivity (Wildman–Crippen MR) is 53.7 cm³/mol. The molecule has 0 atom stereocenters. The van der Waals surface area contributed by atoms with Gasteiger partial charge in [0, 0.05) is 9.99 Å². The standard InChI is InChI=1S/C9H9IO/c1-7-6-9(10)3-2-8(7)4-5-11/h2-3,5-6H,4H2,1H3. The molecule has 11 heavy (non-hydrogen) atoms. The van der Waals surface area contributed by atoms with Gasteiger partial charge in [0.25, 0.3) is 0 Å². The number of carbonyl (C=O) groups is 1. The van der Waals surface area contributed by atoms with E-state index >= 15 is 0 Å². The van der Waals surface area contributed by atoms with Gasteiger partial charge in [-0.05, 0) is 52.8 Å². The number of rotatable bonds is 2. The minimum Gasteiger partial charge on any atom is -0.303 e. The van der Waals surface area contributed by atoms with E-state index in [0.717, 1.165) is 11.8 Å². The van der Waals surface area contributed by atoms with Crippen LogP contribution in [-0.2, 0) is 11.2 Å². The van der Waals surface area contributed by atoms with Gasteiger partial charge in [0.1, 0.15) is 6.29 Å². The Morgan fingerprint density at radius 1 is 1.55 bits per heavy atom. The number of aryl methyl sites for hydroxylation is 1. The van der Waals surface area contributed by atoms with E-state index in [1.54, 1.807) is 0 Å². The van der Waals surface area contributed by atoms with Crippen molar-refractivity contribution in [3.8, 4) is 0 Å². The predicted octanol–water partition coefficient (Wildman–Crippen LogP) is 2.34. The lowest BCUT2D eigenvalue weighted by molar-refractivity contribution is -0.107. The molecule has 1 aromatic carbocycles. The molecule has 1 rings (SSSR count). The maximum absolute atomic E-state index is 10.2. The van der Waals surface area contributed by atoms with E-state index in [-0.39, 0.29) is 0 Å². The highest BCUT2D eigenvalue weighted by molar-refractivity contribution is 14.1. The van der Waals surface area contributed by atoms with Gasteiger partial charge < -0.3 is 4.79 Å². The molecule has 0 aliphatic carbocycles. The lowest BCUT2D eigenvalue weighted by atomic mass is 10.1. The SMILES string of the molecule is Cc1cc(I)ccc1CC=O. The molecule has 1 nitrogen and oxygen atoms in total. The van der Waals surface area contributed by atoms with Crippen LogP contribution in [0.2, 0.25) is 0 Å². The van der Waals surface area contributed by atoms with E-state index < -0.39 is 0 Å². The van der Waals surface area contributed by atoms with Crippen molar-refractivity contribution in [2.75, 3.05) is 0 Å². The number of carbonyl (C=O) groups excluding carboxylic acids is 1. The van der Waals surface area contributed by atoms with Crippen molar-refractivity contribution < 1.29 is 4.79 Å². The monoisotopic (exact) mass is 260 g/mol. The van der Waals surface area contributed by atoms with Crippen molar-refractivity contribution in [1.82, 2.24) is 0 Å². The number of hydrogen-bond acceptors (Lipinski definition) is 1. The van der Waals surface area contributed by atoms with E-state index in [4.69, 9.17) is 0 Å². The fourth-order valence-corrected chi connectivity index (χ4v) is 1.63. The molecular formula is C9H9IO. The van der Waals surface area contributed by atoms with Crippen LogP contribution in [0.25, 0.3) is 0 Å². The Bertz CT molecular complexity index is 268. The van der Waals surface area contributed by atoms with Gasteiger partial charge in [0.05, 0.1) is 0 Å². The molecule has 0 spiro atoms. The molecule has 0 N–H and O–H groups in total. The van der Waals surface area contributed by atoms with E-state index in [1.165, 1.54) is 9.13 Å². The third-order valence-corrected chi connectivity index (χ3v) is 2.28. The third-order valence-electron chi connectivity index (χ3n) is 1.61. The van der Waals surface area contributed by atoms with Crippen LogP contribution in [0, 0.1) is 10.5 Å². The van der Waals surface area contributed by atoms with E-state index in [1.807, 2.05) is 19.1 Å². The third kappa shape index (κ3) is 2.29. The molecule has 2 heteroatoms. The zero-order chi connectivity index (χ0) is 8.27. The summed E-state index contributed by atoms with van der Waals surface area (Å²) in [6.07, 6.45) is 1.47. The Morgan fingerprint density at radius 3 is 2.82 bits per heavy atom. The van der Waals surface area contributed by atoms with Crippen LogP contribution in [0.1, 0.15) is 11.1 Å². The summed E-state index contributed by atoms with van der Waals surface area (Å²) in [7, 11) is 0. The summed E-state index contributed by atoms with van der Waals surface area (Å²) in [4.78, 5) is 10.2. The first-order valence-electron chi connectivity index (χ1n) is 3.42. The second-order valence-electron chi connectivity index (χ2n) is 2.44. The zero-order valence-corrected chi connectivity index (χ0v) is 8.46. The highest BCUT2D eigenvalue weighted by Crippen LogP contribution is 2.12. The summed E-state index contributed by atoms with van der Waals surface area (Å²) < 4.78 is 1.22. The lowest BCUT2D eigenvalue weighted by Crippen LogP contribution is -1.90. The van der Waals surface area contributed by atoms with Gasteiger partial charge in [-0.3, -0.25) is 0 Å². The average Bonchev–Trinajstić information content (AvgIpc) is 1.95. The van der Waals surface area contributed by atoms with Crippen molar-refractivity contribution in [2.45, 2.75) is 13.3 Å². The van der Waals surface area contributed by atoms with Gasteiger partial charge in [-0.2, -0.15) is 0 Å². The highest BCUT2D eigenvalue weighted by atomic mass is 127. The number of hydrogen-bond donors (Lipinski definition) is 0. The Morgan fingerprint density at radius 2 is 2.27 bits per heavy atom. The van der Waals surface area contributed by atoms with Crippen molar-refractivity contribution in [3.05, 3.63) is 32.9 Å². The van der Waals surface area contributed by atoms with Gasteiger partial charge in [0.15, 0.2) is 0 Å². The maximum atomic E-state index is 10.2. The summed E-state index contributed by atoms with van der Waals surface area (Å²) in [5.74, 6) is 0. The van der Waals surface area contributed by atoms with Gasteiger partial charge in [-0.25, -0.2) is 0 Å². The largest absolute Gasteiger partial charge is 0.303 e. The van der Waals surface area contributed by atoms with Crippen LogP contribution in [0.15, 0.2) is 18.2 Å². The van der Waals surface area contributed by atoms with E-state index in [2.05, 4.69) is 28.7 Å². The molecule has 0 heterocycles. The summed E-state index contributed by atoms with van der Waals surface area (Å²) in [6.45, 7) is 2.03. The fourth-order valence-electron chi connectivity index (χ4n) is 0.978. The molecule has 0 saturated heterocycles. The van der Waals surface area contributed by atoms with Crippen LogP contribution in [-0.4, -0.2) is 6.29 Å². The first-order chi connectivity index (χ1) is 5.24. The normalized spacial score (nSPS) is 9.64. The summed E-state index contributed by atoms with van der Waals surface area (Å²) in [5.41, 5.74) is 2.32. The van der Waals surface area contributed by atoms with E-state index in [0.29, 0.717) is 6.42 Å². The minimum atomic E-state index is 0.531. The first-order valence-corrected chi connectivity index (χ1v) is 4.50. The Kier molecular flexibility index (Phi) is 3.05. The van der Waals surface area contributed by atoms with Crippen LogP contribution in [0.4, 0.5) is 0 Å². The van der Waals surface area contributed by atoms with Crippen LogP contribution in [0.5, 0.6) is 0 Å². The van der Waals surface area contributed by atoms with Gasteiger partial charge in [-0.15, -0.1) is 0 Å². The molecule has 0 bridgehead atoms. The number of halogens is 1. The molecule has 0 saturated carbocycles. The van der Waals surface area contributed by atoms with Crippen molar-refractivity contribution in [2.24, 2.45) is 0 Å². The Hall–Kier alpha value is -0.380. The molecule has 1 aromatic rings. The first kappa shape index (κ1) is 8.71. The van der Waals surface area contributed by atoms with Crippen LogP contribution < -0.4 is 0 Å². The van der Waals surface area contributed by atoms with Crippen LogP contribution >= 0.6 is 22.6 Å². The molecule has 0 unspecified atom stereocenters. The molecule has 0 fully saturated rings. The van der Waals surface area contributed by atoms with Gasteiger partial charge in [0.2, 0.25) is 0 Å². The van der Waals surface area contributed by atoms with Crippen molar-refractivity contribution in [3.63, 3.8) is 0 Å². The minimum absolute atomic E-state index is 0.531. The summed E-state index contributed by atoms with van der Waals surface area (Å²) in [5, 5.41) is 0. The van der Waals surface area contributed by atoms with Gasteiger partial charge in [-0.1, -0.05) is 6.07 Å². The van der Waals surface area contributed by atoms with Crippen molar-refractivity contribution in [1.29, 1.82) is 0 Å². The molecule has 0 aliphatic heterocycles. The molecule has 0 aromatic heterocycles. The molecule has 58 valence electrons. The summed E-state index contributed by atoms with van der Waals surface area (Å²) in [6, 6.07) is 6.11. The van der Waals surface area contributed by atoms with Gasteiger partial charge >= 0.3 is 0 Å². The molecule has 0 amide bonds. The highest BCUT2D eigenvalue weighted by Gasteiger charge is 1.96. The molecular weight excluding hydrogens is 251 g/mol. The Labute approximate surface area is 79.9 Å². The van der Waals surface area contributed by atoms with E-state index in [9.17, 15) is 4.79 Å². The van der Waals surface area contributed by atoms with Crippen LogP contribution in [0.3, 0.4) is 0 Å². The fraction of sp³-hybridized carbons (Fsp3) is 0.222. The summed E-state index contributed by atoms with van der Waals surface area (Å²) >= 11 is 2.26. The quantitative estimate of drug-likeness (QED) is 0.589. The molecule has 0 aliphatic rings. The average molecular weight is 260 g/mol. The smallest absolute Gasteiger partial charge is 0.124 e.